The topological polar surface area (TPSA) is 0 Å². The normalized spacial score (nSPS) is 14.4. The van der Waals surface area contributed by atoms with Crippen molar-refractivity contribution in [2.24, 2.45) is 0 Å². The Hall–Kier alpha value is -3.94. The molecule has 0 bridgehead atoms. The van der Waals surface area contributed by atoms with Crippen molar-refractivity contribution in [3.05, 3.63) is 174 Å². The van der Waals surface area contributed by atoms with Crippen LogP contribution >= 0.6 is 15.9 Å². The highest BCUT2D eigenvalue weighted by molar-refractivity contribution is 9.10. The third-order valence-electron chi connectivity index (χ3n) is 9.24. The lowest BCUT2D eigenvalue weighted by atomic mass is 9.78. The van der Waals surface area contributed by atoms with E-state index >= 15 is 0 Å². The van der Waals surface area contributed by atoms with E-state index in [1.54, 1.807) is 0 Å². The van der Waals surface area contributed by atoms with Crippen LogP contribution in [-0.4, -0.2) is 0 Å². The molecule has 0 fully saturated rings. The fourth-order valence-corrected chi connectivity index (χ4v) is 9.12. The van der Waals surface area contributed by atoms with Crippen LogP contribution in [0.4, 0.5) is 0 Å². The van der Waals surface area contributed by atoms with Crippen LogP contribution in [-0.2, 0) is 4.32 Å². The number of rotatable bonds is 5. The minimum atomic E-state index is -0.621. The maximum absolute atomic E-state index is 4.68. The standard InChI is InChI=1S/C45H45Br/c1-26-11-12-35(10)40(25-26)45(46)43(38-21-31(6)15-32(7)22-38)41(36-17-27(2)13-28(3)18-36)42(37-19-29(4)14-30(5)20-37)44(45)39-23-33(8)16-34(9)24-39/h11-25H,1-10H3. The van der Waals surface area contributed by atoms with Crippen LogP contribution in [0.1, 0.15) is 83.5 Å². The first-order chi connectivity index (χ1) is 21.7. The molecular formula is C45H45Br. The molecule has 0 aliphatic heterocycles. The number of halogens is 1. The molecule has 6 rings (SSSR count). The van der Waals surface area contributed by atoms with E-state index in [1.165, 1.54) is 106 Å². The van der Waals surface area contributed by atoms with Crippen molar-refractivity contribution in [2.45, 2.75) is 73.6 Å². The number of hydrogen-bond acceptors (Lipinski definition) is 0. The van der Waals surface area contributed by atoms with Crippen LogP contribution in [0, 0.1) is 69.2 Å². The van der Waals surface area contributed by atoms with Gasteiger partial charge in [-0.3, -0.25) is 0 Å². The molecule has 1 aliphatic rings. The molecule has 5 aromatic rings. The molecule has 0 saturated heterocycles. The van der Waals surface area contributed by atoms with E-state index in [1.807, 2.05) is 0 Å². The lowest BCUT2D eigenvalue weighted by molar-refractivity contribution is 1.04. The lowest BCUT2D eigenvalue weighted by Gasteiger charge is -2.34. The van der Waals surface area contributed by atoms with Gasteiger partial charge in [-0.05, 0) is 125 Å². The van der Waals surface area contributed by atoms with E-state index in [0.29, 0.717) is 0 Å². The third-order valence-corrected chi connectivity index (χ3v) is 10.5. The van der Waals surface area contributed by atoms with E-state index in [9.17, 15) is 0 Å². The molecule has 0 amide bonds. The van der Waals surface area contributed by atoms with Crippen LogP contribution < -0.4 is 0 Å². The molecule has 0 saturated carbocycles. The van der Waals surface area contributed by atoms with Gasteiger partial charge in [-0.1, -0.05) is 157 Å². The Morgan fingerprint density at radius 2 is 0.652 bits per heavy atom. The summed E-state index contributed by atoms with van der Waals surface area (Å²) in [4.78, 5) is 0. The van der Waals surface area contributed by atoms with Gasteiger partial charge in [0, 0.05) is 0 Å². The second kappa shape index (κ2) is 12.0. The van der Waals surface area contributed by atoms with Gasteiger partial charge >= 0.3 is 0 Å². The van der Waals surface area contributed by atoms with Crippen molar-refractivity contribution >= 4 is 38.2 Å². The summed E-state index contributed by atoms with van der Waals surface area (Å²) in [6.45, 7) is 22.3. The summed E-state index contributed by atoms with van der Waals surface area (Å²) >= 11 is 4.68. The maximum atomic E-state index is 4.68. The van der Waals surface area contributed by atoms with Crippen molar-refractivity contribution < 1.29 is 0 Å². The summed E-state index contributed by atoms with van der Waals surface area (Å²) in [6.07, 6.45) is 0. The molecule has 0 N–H and O–H groups in total. The monoisotopic (exact) mass is 664 g/mol. The Kier molecular flexibility index (Phi) is 8.36. The quantitative estimate of drug-likeness (QED) is 0.164. The number of aryl methyl sites for hydroxylation is 10. The van der Waals surface area contributed by atoms with Crippen LogP contribution in [0.5, 0.6) is 0 Å². The van der Waals surface area contributed by atoms with Crippen molar-refractivity contribution in [2.75, 3.05) is 0 Å². The highest BCUT2D eigenvalue weighted by Crippen LogP contribution is 2.65. The molecule has 0 spiro atoms. The number of benzene rings is 5. The Bertz CT molecular complexity index is 1890. The smallest absolute Gasteiger partial charge is 0.0695 e. The zero-order chi connectivity index (χ0) is 33.1. The van der Waals surface area contributed by atoms with Gasteiger partial charge in [0.2, 0.25) is 0 Å². The van der Waals surface area contributed by atoms with E-state index < -0.39 is 4.32 Å². The molecule has 0 heterocycles. The van der Waals surface area contributed by atoms with E-state index in [2.05, 4.69) is 176 Å². The Labute approximate surface area is 285 Å². The average molecular weight is 666 g/mol. The van der Waals surface area contributed by atoms with Gasteiger partial charge < -0.3 is 0 Å². The highest BCUT2D eigenvalue weighted by Gasteiger charge is 2.49. The fourth-order valence-electron chi connectivity index (χ4n) is 7.84. The van der Waals surface area contributed by atoms with E-state index in [4.69, 9.17) is 0 Å². The highest BCUT2D eigenvalue weighted by atomic mass is 79.9. The number of alkyl halides is 1. The van der Waals surface area contributed by atoms with Crippen LogP contribution in [0.15, 0.2) is 91.0 Å². The molecule has 0 nitrogen and oxygen atoms in total. The van der Waals surface area contributed by atoms with Crippen LogP contribution in [0.2, 0.25) is 0 Å². The van der Waals surface area contributed by atoms with Crippen LogP contribution in [0.25, 0.3) is 22.3 Å². The zero-order valence-electron chi connectivity index (χ0n) is 29.0. The van der Waals surface area contributed by atoms with Crippen molar-refractivity contribution in [3.63, 3.8) is 0 Å². The maximum Gasteiger partial charge on any atom is 0.103 e. The summed E-state index contributed by atoms with van der Waals surface area (Å²) in [5.74, 6) is 0. The molecule has 0 radical (unpaired) electrons. The number of allylic oxidation sites excluding steroid dienone is 4. The second-order valence-electron chi connectivity index (χ2n) is 14.0. The van der Waals surface area contributed by atoms with Crippen molar-refractivity contribution in [3.8, 4) is 0 Å². The molecular weight excluding hydrogens is 620 g/mol. The Balaban J connectivity index is 1.94. The van der Waals surface area contributed by atoms with Crippen LogP contribution in [0.3, 0.4) is 0 Å². The van der Waals surface area contributed by atoms with Gasteiger partial charge in [0.05, 0.1) is 0 Å². The molecule has 46 heavy (non-hydrogen) atoms. The fraction of sp³-hybridized carbons (Fsp3) is 0.244. The Morgan fingerprint density at radius 3 is 0.978 bits per heavy atom. The minimum absolute atomic E-state index is 0.621. The molecule has 0 aromatic heterocycles. The molecule has 1 heteroatoms. The summed E-state index contributed by atoms with van der Waals surface area (Å²) < 4.78 is -0.621. The van der Waals surface area contributed by atoms with E-state index in [-0.39, 0.29) is 0 Å². The van der Waals surface area contributed by atoms with Gasteiger partial charge in [0.15, 0.2) is 0 Å². The summed E-state index contributed by atoms with van der Waals surface area (Å²) in [6, 6.07) is 35.1. The average Bonchev–Trinajstić information content (AvgIpc) is 3.22. The predicted molar refractivity (Wildman–Crippen MR) is 204 cm³/mol. The first-order valence-electron chi connectivity index (χ1n) is 16.4. The first-order valence-corrected chi connectivity index (χ1v) is 17.1. The Morgan fingerprint density at radius 1 is 0.348 bits per heavy atom. The summed E-state index contributed by atoms with van der Waals surface area (Å²) in [7, 11) is 0. The first kappa shape index (κ1) is 32.0. The second-order valence-corrected chi connectivity index (χ2v) is 15.2. The summed E-state index contributed by atoms with van der Waals surface area (Å²) in [5, 5.41) is 0. The van der Waals surface area contributed by atoms with E-state index in [0.717, 1.165) is 0 Å². The predicted octanol–water partition coefficient (Wildman–Crippen LogP) is 12.6. The van der Waals surface area contributed by atoms with Crippen molar-refractivity contribution in [1.29, 1.82) is 0 Å². The molecule has 0 unspecified atom stereocenters. The van der Waals surface area contributed by atoms with Gasteiger partial charge in [-0.15, -0.1) is 0 Å². The third kappa shape index (κ3) is 5.75. The molecule has 232 valence electrons. The molecule has 5 aromatic carbocycles. The number of hydrogen-bond donors (Lipinski definition) is 0. The summed E-state index contributed by atoms with van der Waals surface area (Å²) in [5.41, 5.74) is 24.2. The molecule has 0 atom stereocenters. The van der Waals surface area contributed by atoms with Gasteiger partial charge in [-0.25, -0.2) is 0 Å². The largest absolute Gasteiger partial charge is 0.103 e. The van der Waals surface area contributed by atoms with Gasteiger partial charge in [-0.2, -0.15) is 0 Å². The molecule has 1 aliphatic carbocycles. The van der Waals surface area contributed by atoms with Crippen molar-refractivity contribution in [1.82, 2.24) is 0 Å². The minimum Gasteiger partial charge on any atom is -0.0695 e. The SMILES string of the molecule is Cc1cc(C)cc(C2=C(c3cc(C)cc(C)c3)C(Br)(c3cc(C)ccc3C)C(c3cc(C)cc(C)c3)=C2c2cc(C)cc(C)c2)c1. The van der Waals surface area contributed by atoms with Gasteiger partial charge in [0.25, 0.3) is 0 Å². The zero-order valence-corrected chi connectivity index (χ0v) is 30.6. The van der Waals surface area contributed by atoms with Gasteiger partial charge in [0.1, 0.15) is 4.32 Å². The lowest BCUT2D eigenvalue weighted by Crippen LogP contribution is -2.22.